The second-order valence-electron chi connectivity index (χ2n) is 2.99. The van der Waals surface area contributed by atoms with Crippen LogP contribution in [0.2, 0.25) is 4.55 Å². The Morgan fingerprint density at radius 3 is 2.08 bits per heavy atom. The van der Waals surface area contributed by atoms with E-state index >= 15 is 0 Å². The fourth-order valence-electron chi connectivity index (χ4n) is 0.934. The molecule has 0 aromatic rings. The van der Waals surface area contributed by atoms with Crippen molar-refractivity contribution in [3.05, 3.63) is 24.3 Å². The summed E-state index contributed by atoms with van der Waals surface area (Å²) in [7, 11) is 0. The molecular formula is C11H19Mg+. The SMILES string of the molecule is CCCC/C=C\C=C\CC[CH2][Mg+]. The van der Waals surface area contributed by atoms with Gasteiger partial charge in [0.25, 0.3) is 0 Å². The van der Waals surface area contributed by atoms with E-state index < -0.39 is 0 Å². The van der Waals surface area contributed by atoms with Crippen molar-refractivity contribution in [2.45, 2.75) is 43.6 Å². The molecule has 0 aliphatic rings. The van der Waals surface area contributed by atoms with Gasteiger partial charge in [-0.15, -0.1) is 0 Å². The summed E-state index contributed by atoms with van der Waals surface area (Å²) in [5.41, 5.74) is 0. The summed E-state index contributed by atoms with van der Waals surface area (Å²) in [6.07, 6.45) is 15.3. The van der Waals surface area contributed by atoms with Crippen LogP contribution in [0.1, 0.15) is 39.0 Å². The third kappa shape index (κ3) is 10.2. The number of allylic oxidation sites excluding steroid dienone is 4. The average Bonchev–Trinajstić information content (AvgIpc) is 2.10. The van der Waals surface area contributed by atoms with Crippen molar-refractivity contribution in [1.29, 1.82) is 0 Å². The number of unbranched alkanes of at least 4 members (excludes halogenated alkanes) is 3. The fourth-order valence-corrected chi connectivity index (χ4v) is 1.22. The van der Waals surface area contributed by atoms with Crippen molar-refractivity contribution < 1.29 is 0 Å². The zero-order valence-corrected chi connectivity index (χ0v) is 9.67. The maximum atomic E-state index is 2.26. The Labute approximate surface area is 89.6 Å². The van der Waals surface area contributed by atoms with E-state index in [0.717, 1.165) is 0 Å². The zero-order valence-electron chi connectivity index (χ0n) is 8.26. The fraction of sp³-hybridized carbons (Fsp3) is 0.636. The topological polar surface area (TPSA) is 0 Å². The summed E-state index contributed by atoms with van der Waals surface area (Å²) >= 11 is 2.05. The molecule has 0 aromatic heterocycles. The van der Waals surface area contributed by atoms with Crippen molar-refractivity contribution in [3.63, 3.8) is 0 Å². The summed E-state index contributed by atoms with van der Waals surface area (Å²) in [6.45, 7) is 2.23. The molecule has 0 unspecified atom stereocenters. The molecule has 0 saturated carbocycles. The number of hydrogen-bond donors (Lipinski definition) is 0. The Kier molecular flexibility index (Phi) is 11.5. The molecule has 0 saturated heterocycles. The van der Waals surface area contributed by atoms with Crippen LogP contribution in [0, 0.1) is 0 Å². The molecule has 0 bridgehead atoms. The number of hydrogen-bond acceptors (Lipinski definition) is 0. The van der Waals surface area contributed by atoms with E-state index in [1.807, 2.05) is 0 Å². The van der Waals surface area contributed by atoms with Gasteiger partial charge in [0, 0.05) is 0 Å². The third-order valence-corrected chi connectivity index (χ3v) is 2.23. The summed E-state index contributed by atoms with van der Waals surface area (Å²) in [5, 5.41) is 0. The Bertz CT molecular complexity index is 109. The quantitative estimate of drug-likeness (QED) is 0.315. The molecule has 0 nitrogen and oxygen atoms in total. The first-order valence-electron chi connectivity index (χ1n) is 5.02. The molecule has 0 N–H and O–H groups in total. The number of rotatable bonds is 7. The molecule has 0 atom stereocenters. The monoisotopic (exact) mass is 175 g/mol. The molecule has 64 valence electrons. The first-order valence-corrected chi connectivity index (χ1v) is 6.02. The minimum atomic E-state index is 1.23. The zero-order chi connectivity index (χ0) is 9.07. The molecule has 0 rings (SSSR count). The molecule has 0 heterocycles. The van der Waals surface area contributed by atoms with Gasteiger partial charge < -0.3 is 0 Å². The van der Waals surface area contributed by atoms with Gasteiger partial charge in [0.2, 0.25) is 0 Å². The van der Waals surface area contributed by atoms with Gasteiger partial charge >= 0.3 is 89.6 Å². The van der Waals surface area contributed by atoms with Gasteiger partial charge in [-0.1, -0.05) is 0 Å². The summed E-state index contributed by atoms with van der Waals surface area (Å²) < 4.78 is 1.32. The van der Waals surface area contributed by atoms with E-state index in [4.69, 9.17) is 0 Å². The van der Waals surface area contributed by atoms with Crippen molar-refractivity contribution >= 4 is 21.7 Å². The van der Waals surface area contributed by atoms with Gasteiger partial charge in [0.05, 0.1) is 0 Å². The second-order valence-corrected chi connectivity index (χ2v) is 3.70. The van der Waals surface area contributed by atoms with Crippen LogP contribution < -0.4 is 0 Å². The maximum absolute atomic E-state index is 2.26. The Balaban J connectivity index is 3.15. The van der Waals surface area contributed by atoms with Crippen molar-refractivity contribution in [2.75, 3.05) is 0 Å². The van der Waals surface area contributed by atoms with Crippen LogP contribution >= 0.6 is 0 Å². The molecule has 0 aliphatic heterocycles. The van der Waals surface area contributed by atoms with Gasteiger partial charge in [0.15, 0.2) is 0 Å². The molecule has 0 fully saturated rings. The van der Waals surface area contributed by atoms with Crippen LogP contribution in [0.25, 0.3) is 0 Å². The Hall–Kier alpha value is 0.246. The molecule has 0 aliphatic carbocycles. The Morgan fingerprint density at radius 1 is 1.00 bits per heavy atom. The van der Waals surface area contributed by atoms with Crippen LogP contribution in [-0.4, -0.2) is 21.7 Å². The molecule has 0 aromatic carbocycles. The van der Waals surface area contributed by atoms with E-state index in [0.29, 0.717) is 0 Å². The predicted molar refractivity (Wildman–Crippen MR) is 57.6 cm³/mol. The molecule has 0 amide bonds. The second kappa shape index (κ2) is 11.2. The van der Waals surface area contributed by atoms with Crippen LogP contribution in [0.15, 0.2) is 24.3 Å². The summed E-state index contributed by atoms with van der Waals surface area (Å²) in [5.74, 6) is 0. The van der Waals surface area contributed by atoms with E-state index in [-0.39, 0.29) is 0 Å². The first-order chi connectivity index (χ1) is 5.91. The van der Waals surface area contributed by atoms with Gasteiger partial charge in [-0.3, -0.25) is 0 Å². The third-order valence-electron chi connectivity index (χ3n) is 1.73. The summed E-state index contributed by atoms with van der Waals surface area (Å²) in [4.78, 5) is 0. The molecule has 1 heteroatoms. The van der Waals surface area contributed by atoms with Crippen LogP contribution in [0.4, 0.5) is 0 Å². The minimum absolute atomic E-state index is 1.23. The standard InChI is InChI=1S/C11H19.Mg/c1-3-5-7-9-11-10-8-6-4-2;/h7,9-11H,1,3-6,8H2,2H3;/q;+1/b9-7+,11-10-;. The van der Waals surface area contributed by atoms with Crippen LogP contribution in [0.3, 0.4) is 0 Å². The van der Waals surface area contributed by atoms with Crippen molar-refractivity contribution in [2.24, 2.45) is 0 Å². The van der Waals surface area contributed by atoms with E-state index in [2.05, 4.69) is 52.9 Å². The van der Waals surface area contributed by atoms with Gasteiger partial charge in [0.1, 0.15) is 0 Å². The van der Waals surface area contributed by atoms with Gasteiger partial charge in [-0.25, -0.2) is 0 Å². The average molecular weight is 176 g/mol. The van der Waals surface area contributed by atoms with E-state index in [1.165, 1.54) is 36.7 Å². The molecule has 12 heavy (non-hydrogen) atoms. The molecular weight excluding hydrogens is 156 g/mol. The first kappa shape index (κ1) is 12.2. The summed E-state index contributed by atoms with van der Waals surface area (Å²) in [6, 6.07) is 0. The molecule has 0 radical (unpaired) electrons. The van der Waals surface area contributed by atoms with Crippen molar-refractivity contribution in [1.82, 2.24) is 0 Å². The van der Waals surface area contributed by atoms with Crippen LogP contribution in [-0.2, 0) is 0 Å². The predicted octanol–water partition coefficient (Wildman–Crippen LogP) is 3.66. The molecule has 0 spiro atoms. The van der Waals surface area contributed by atoms with Gasteiger partial charge in [-0.05, 0) is 0 Å². The Morgan fingerprint density at radius 2 is 1.58 bits per heavy atom. The van der Waals surface area contributed by atoms with E-state index in [9.17, 15) is 0 Å². The van der Waals surface area contributed by atoms with Crippen LogP contribution in [0.5, 0.6) is 0 Å². The van der Waals surface area contributed by atoms with Crippen molar-refractivity contribution in [3.8, 4) is 0 Å². The van der Waals surface area contributed by atoms with Gasteiger partial charge in [-0.2, -0.15) is 0 Å². The normalized spacial score (nSPS) is 11.9. The van der Waals surface area contributed by atoms with E-state index in [1.54, 1.807) is 0 Å².